The minimum atomic E-state index is -4.48. The summed E-state index contributed by atoms with van der Waals surface area (Å²) in [5.41, 5.74) is -1.42. The van der Waals surface area contributed by atoms with Gasteiger partial charge in [-0.3, -0.25) is 4.79 Å². The van der Waals surface area contributed by atoms with Gasteiger partial charge in [0, 0.05) is 10.5 Å². The van der Waals surface area contributed by atoms with Gasteiger partial charge in [-0.2, -0.15) is 13.2 Å². The van der Waals surface area contributed by atoms with Gasteiger partial charge in [-0.1, -0.05) is 33.2 Å². The Morgan fingerprint density at radius 1 is 1.26 bits per heavy atom. The zero-order valence-corrected chi connectivity index (χ0v) is 14.0. The number of nitrogens with one attached hydrogen (secondary N) is 1. The molecule has 8 heteroatoms. The number of benzene rings is 1. The maximum atomic E-state index is 12.9. The third-order valence-electron chi connectivity index (χ3n) is 3.38. The van der Waals surface area contributed by atoms with E-state index in [0.717, 1.165) is 30.0 Å². The average Bonchev–Trinajstić information content (AvgIpc) is 2.89. The van der Waals surface area contributed by atoms with Gasteiger partial charge in [0.15, 0.2) is 11.6 Å². The number of alkyl halides is 3. The number of carbonyl (C=O) groups excluding carboxylic acids is 1. The Hall–Kier alpha value is -1.83. The summed E-state index contributed by atoms with van der Waals surface area (Å²) in [6, 6.07) is 8.22. The van der Waals surface area contributed by atoms with Crippen molar-refractivity contribution >= 4 is 27.7 Å². The van der Waals surface area contributed by atoms with Crippen molar-refractivity contribution in [3.8, 4) is 0 Å². The van der Waals surface area contributed by atoms with Crippen LogP contribution in [0.2, 0.25) is 0 Å². The molecule has 2 rings (SSSR count). The van der Waals surface area contributed by atoms with Crippen molar-refractivity contribution in [1.29, 1.82) is 0 Å². The van der Waals surface area contributed by atoms with Gasteiger partial charge in [0.25, 0.3) is 0 Å². The number of hydrogen-bond acceptors (Lipinski definition) is 3. The highest BCUT2D eigenvalue weighted by Gasteiger charge is 2.51. The molecule has 23 heavy (non-hydrogen) atoms. The summed E-state index contributed by atoms with van der Waals surface area (Å²) in [5, 5.41) is 5.90. The Labute approximate surface area is 139 Å². The van der Waals surface area contributed by atoms with Gasteiger partial charge < -0.3 is 9.84 Å². The zero-order valence-electron chi connectivity index (χ0n) is 12.4. The number of aromatic nitrogens is 1. The fourth-order valence-electron chi connectivity index (χ4n) is 1.74. The lowest BCUT2D eigenvalue weighted by Crippen LogP contribution is -2.35. The second-order valence-electron chi connectivity index (χ2n) is 5.55. The first kappa shape index (κ1) is 17.5. The summed E-state index contributed by atoms with van der Waals surface area (Å²) in [5.74, 6) is -0.791. The molecule has 0 bridgehead atoms. The second-order valence-corrected chi connectivity index (χ2v) is 6.47. The number of amides is 1. The Morgan fingerprint density at radius 2 is 1.87 bits per heavy atom. The van der Waals surface area contributed by atoms with Crippen LogP contribution in [0.3, 0.4) is 0 Å². The Morgan fingerprint density at radius 3 is 2.43 bits per heavy atom. The average molecular weight is 391 g/mol. The normalized spacial score (nSPS) is 12.3. The third kappa shape index (κ3) is 4.13. The standard InChI is InChI=1S/C15H14BrF3N2O2/c1-14(2,15(17,18)19)11-8-12(21-23-11)20-13(22)7-9-3-5-10(16)6-4-9/h3-6,8H,7H2,1-2H3,(H,20,21,22). The van der Waals surface area contributed by atoms with E-state index in [4.69, 9.17) is 4.52 Å². The lowest BCUT2D eigenvalue weighted by atomic mass is 9.89. The molecular formula is C15H14BrF3N2O2. The van der Waals surface area contributed by atoms with Crippen molar-refractivity contribution in [1.82, 2.24) is 5.16 Å². The van der Waals surface area contributed by atoms with Crippen molar-refractivity contribution in [3.05, 3.63) is 46.1 Å². The van der Waals surface area contributed by atoms with Crippen LogP contribution >= 0.6 is 15.9 Å². The summed E-state index contributed by atoms with van der Waals surface area (Å²) in [6.45, 7) is 1.97. The minimum absolute atomic E-state index is 0.0422. The van der Waals surface area contributed by atoms with Crippen molar-refractivity contribution in [3.63, 3.8) is 0 Å². The highest BCUT2D eigenvalue weighted by molar-refractivity contribution is 9.10. The SMILES string of the molecule is CC(C)(c1cc(NC(=O)Cc2ccc(Br)cc2)no1)C(F)(F)F. The number of rotatable bonds is 4. The lowest BCUT2D eigenvalue weighted by Gasteiger charge is -2.24. The molecule has 124 valence electrons. The van der Waals surface area contributed by atoms with E-state index in [-0.39, 0.29) is 18.0 Å². The maximum Gasteiger partial charge on any atom is 0.401 e. The van der Waals surface area contributed by atoms with Gasteiger partial charge in [0.1, 0.15) is 5.41 Å². The number of nitrogens with zero attached hydrogens (tertiary/aromatic N) is 1. The summed E-state index contributed by atoms with van der Waals surface area (Å²) < 4.78 is 44.4. The molecule has 0 unspecified atom stereocenters. The molecule has 0 aliphatic carbocycles. The molecule has 1 N–H and O–H groups in total. The minimum Gasteiger partial charge on any atom is -0.358 e. The van der Waals surface area contributed by atoms with Gasteiger partial charge >= 0.3 is 6.18 Å². The molecule has 1 aromatic heterocycles. The molecule has 0 radical (unpaired) electrons. The first-order valence-electron chi connectivity index (χ1n) is 6.68. The fourth-order valence-corrected chi connectivity index (χ4v) is 2.01. The molecule has 2 aromatic rings. The summed E-state index contributed by atoms with van der Waals surface area (Å²) >= 11 is 3.29. The van der Waals surface area contributed by atoms with Gasteiger partial charge in [0.05, 0.1) is 6.42 Å². The molecule has 0 aliphatic rings. The van der Waals surface area contributed by atoms with Crippen molar-refractivity contribution in [2.75, 3.05) is 5.32 Å². The summed E-state index contributed by atoms with van der Waals surface area (Å²) in [7, 11) is 0. The number of anilines is 1. The van der Waals surface area contributed by atoms with Gasteiger partial charge in [-0.15, -0.1) is 0 Å². The molecule has 4 nitrogen and oxygen atoms in total. The monoisotopic (exact) mass is 390 g/mol. The second kappa shape index (κ2) is 6.35. The smallest absolute Gasteiger partial charge is 0.358 e. The van der Waals surface area contributed by atoms with Crippen LogP contribution in [-0.2, 0) is 16.6 Å². The fraction of sp³-hybridized carbons (Fsp3) is 0.333. The highest BCUT2D eigenvalue weighted by Crippen LogP contribution is 2.40. The summed E-state index contributed by atoms with van der Waals surface area (Å²) in [4.78, 5) is 11.9. The molecule has 0 atom stereocenters. The molecule has 1 amide bonds. The van der Waals surface area contributed by atoms with Crippen LogP contribution in [0, 0.1) is 0 Å². The number of carbonyl (C=O) groups is 1. The molecular weight excluding hydrogens is 377 g/mol. The maximum absolute atomic E-state index is 12.9. The Balaban J connectivity index is 2.04. The molecule has 0 spiro atoms. The number of halogens is 4. The van der Waals surface area contributed by atoms with Crippen LogP contribution in [-0.4, -0.2) is 17.2 Å². The van der Waals surface area contributed by atoms with Crippen LogP contribution in [0.25, 0.3) is 0 Å². The van der Waals surface area contributed by atoms with Crippen molar-refractivity contribution in [2.24, 2.45) is 0 Å². The van der Waals surface area contributed by atoms with E-state index in [2.05, 4.69) is 26.4 Å². The molecule has 1 heterocycles. The molecule has 0 saturated carbocycles. The lowest BCUT2D eigenvalue weighted by molar-refractivity contribution is -0.185. The van der Waals surface area contributed by atoms with E-state index in [1.54, 1.807) is 24.3 Å². The molecule has 0 saturated heterocycles. The van der Waals surface area contributed by atoms with E-state index in [0.29, 0.717) is 0 Å². The predicted molar refractivity (Wildman–Crippen MR) is 82.1 cm³/mol. The van der Waals surface area contributed by atoms with Crippen LogP contribution in [0.5, 0.6) is 0 Å². The Kier molecular flexibility index (Phi) is 4.84. The first-order valence-corrected chi connectivity index (χ1v) is 7.47. The largest absolute Gasteiger partial charge is 0.401 e. The third-order valence-corrected chi connectivity index (χ3v) is 3.91. The van der Waals surface area contributed by atoms with Crippen LogP contribution in [0.4, 0.5) is 19.0 Å². The van der Waals surface area contributed by atoms with Gasteiger partial charge in [0.2, 0.25) is 5.91 Å². The van der Waals surface area contributed by atoms with E-state index in [9.17, 15) is 18.0 Å². The van der Waals surface area contributed by atoms with Crippen LogP contribution < -0.4 is 5.32 Å². The van der Waals surface area contributed by atoms with E-state index < -0.39 is 17.5 Å². The predicted octanol–water partition coefficient (Wildman–Crippen LogP) is 4.46. The van der Waals surface area contributed by atoms with E-state index in [1.165, 1.54) is 0 Å². The van der Waals surface area contributed by atoms with Gasteiger partial charge in [-0.05, 0) is 31.5 Å². The van der Waals surface area contributed by atoms with Gasteiger partial charge in [-0.25, -0.2) is 0 Å². The quantitative estimate of drug-likeness (QED) is 0.838. The topological polar surface area (TPSA) is 55.1 Å². The zero-order chi connectivity index (χ0) is 17.3. The number of hydrogen-bond donors (Lipinski definition) is 1. The van der Waals surface area contributed by atoms with E-state index in [1.807, 2.05) is 0 Å². The first-order chi connectivity index (χ1) is 10.6. The molecule has 0 fully saturated rings. The summed E-state index contributed by atoms with van der Waals surface area (Å²) in [6.07, 6.45) is -4.40. The van der Waals surface area contributed by atoms with E-state index >= 15 is 0 Å². The molecule has 1 aromatic carbocycles. The van der Waals surface area contributed by atoms with Crippen molar-refractivity contribution < 1.29 is 22.5 Å². The Bertz CT molecular complexity index is 693. The van der Waals surface area contributed by atoms with Crippen molar-refractivity contribution in [2.45, 2.75) is 31.9 Å². The van der Waals surface area contributed by atoms with Crippen LogP contribution in [0.15, 0.2) is 39.3 Å². The highest BCUT2D eigenvalue weighted by atomic mass is 79.9. The van der Waals surface area contributed by atoms with Crippen LogP contribution in [0.1, 0.15) is 25.2 Å². The molecule has 0 aliphatic heterocycles.